The Morgan fingerprint density at radius 3 is 2.23 bits per heavy atom. The van der Waals surface area contributed by atoms with Gasteiger partial charge in [0.15, 0.2) is 0 Å². The van der Waals surface area contributed by atoms with E-state index < -0.39 is 0 Å². The van der Waals surface area contributed by atoms with Gasteiger partial charge in [-0.2, -0.15) is 0 Å². The highest BCUT2D eigenvalue weighted by atomic mass is 15.2. The maximum Gasteiger partial charge on any atom is 0.130 e. The van der Waals surface area contributed by atoms with E-state index in [-0.39, 0.29) is 0 Å². The van der Waals surface area contributed by atoms with Gasteiger partial charge in [0, 0.05) is 24.4 Å². The molecule has 3 aliphatic rings. The molecule has 0 N–H and O–H groups in total. The topological polar surface area (TPSA) is 29.0 Å². The average Bonchev–Trinajstić information content (AvgIpc) is 2.45. The fourth-order valence-electron chi connectivity index (χ4n) is 4.74. The Labute approximate surface area is 134 Å². The normalized spacial score (nSPS) is 26.1. The van der Waals surface area contributed by atoms with Crippen LogP contribution in [0.5, 0.6) is 0 Å². The van der Waals surface area contributed by atoms with Crippen LogP contribution < -0.4 is 0 Å². The average molecular weight is 299 g/mol. The molecule has 0 unspecified atom stereocenters. The third-order valence-electron chi connectivity index (χ3n) is 6.48. The summed E-state index contributed by atoms with van der Waals surface area (Å²) in [5, 5.41) is 0. The molecule has 0 radical (unpaired) electrons. The number of nitrogens with zero attached hydrogens (tertiary/aromatic N) is 3. The van der Waals surface area contributed by atoms with Crippen molar-refractivity contribution in [3.63, 3.8) is 0 Å². The molecule has 3 fully saturated rings. The standard InChI is InChI=1S/C19H29N3/c1-14(2)18-20-12-16(13-21-18)15-4-8-22(9-5-15)17-10-19(11-17)6-3-7-19/h12-15,17H,3-11H2,1-2H3. The Hall–Kier alpha value is -0.960. The minimum atomic E-state index is 0.424. The van der Waals surface area contributed by atoms with E-state index in [0.717, 1.165) is 17.3 Å². The van der Waals surface area contributed by atoms with Gasteiger partial charge in [-0.3, -0.25) is 0 Å². The zero-order valence-electron chi connectivity index (χ0n) is 14.1. The van der Waals surface area contributed by atoms with E-state index >= 15 is 0 Å². The maximum atomic E-state index is 4.55. The van der Waals surface area contributed by atoms with Crippen LogP contribution >= 0.6 is 0 Å². The monoisotopic (exact) mass is 299 g/mol. The number of rotatable bonds is 3. The fraction of sp³-hybridized carbons (Fsp3) is 0.789. The second-order valence-corrected chi connectivity index (χ2v) is 8.26. The summed E-state index contributed by atoms with van der Waals surface area (Å²) in [4.78, 5) is 11.9. The molecule has 2 saturated carbocycles. The van der Waals surface area contributed by atoms with Crippen molar-refractivity contribution < 1.29 is 0 Å². The quantitative estimate of drug-likeness (QED) is 0.841. The van der Waals surface area contributed by atoms with Crippen molar-refractivity contribution in [2.24, 2.45) is 5.41 Å². The molecule has 2 aliphatic carbocycles. The summed E-state index contributed by atoms with van der Waals surface area (Å²) in [6, 6.07) is 0.904. The van der Waals surface area contributed by atoms with Gasteiger partial charge in [0.25, 0.3) is 0 Å². The third-order valence-corrected chi connectivity index (χ3v) is 6.48. The first-order chi connectivity index (χ1) is 10.7. The van der Waals surface area contributed by atoms with E-state index in [9.17, 15) is 0 Å². The highest BCUT2D eigenvalue weighted by Crippen LogP contribution is 2.57. The molecule has 0 bridgehead atoms. The molecular weight excluding hydrogens is 270 g/mol. The van der Waals surface area contributed by atoms with Crippen molar-refractivity contribution in [1.82, 2.24) is 14.9 Å². The molecule has 0 aromatic carbocycles. The van der Waals surface area contributed by atoms with E-state index in [1.54, 1.807) is 0 Å². The first-order valence-corrected chi connectivity index (χ1v) is 9.21. The fourth-order valence-corrected chi connectivity index (χ4v) is 4.74. The van der Waals surface area contributed by atoms with Crippen molar-refractivity contribution in [1.29, 1.82) is 0 Å². The maximum absolute atomic E-state index is 4.55. The summed E-state index contributed by atoms with van der Waals surface area (Å²) in [5.74, 6) is 2.07. The zero-order chi connectivity index (χ0) is 15.2. The van der Waals surface area contributed by atoms with Crippen LogP contribution in [0.15, 0.2) is 12.4 Å². The molecule has 4 rings (SSSR count). The molecule has 2 heterocycles. The Kier molecular flexibility index (Phi) is 3.72. The van der Waals surface area contributed by atoms with Gasteiger partial charge in [-0.1, -0.05) is 20.3 Å². The van der Waals surface area contributed by atoms with E-state index in [0.29, 0.717) is 11.8 Å². The summed E-state index contributed by atoms with van der Waals surface area (Å²) in [6.07, 6.45) is 14.2. The van der Waals surface area contributed by atoms with E-state index in [1.165, 1.54) is 63.6 Å². The van der Waals surface area contributed by atoms with Crippen LogP contribution in [-0.2, 0) is 0 Å². The number of hydrogen-bond acceptors (Lipinski definition) is 3. The number of hydrogen-bond donors (Lipinski definition) is 0. The van der Waals surface area contributed by atoms with Crippen molar-refractivity contribution >= 4 is 0 Å². The van der Waals surface area contributed by atoms with Gasteiger partial charge in [0.05, 0.1) is 0 Å². The first-order valence-electron chi connectivity index (χ1n) is 9.21. The lowest BCUT2D eigenvalue weighted by molar-refractivity contribution is -0.0611. The molecule has 3 nitrogen and oxygen atoms in total. The number of aromatic nitrogens is 2. The van der Waals surface area contributed by atoms with Crippen LogP contribution in [0, 0.1) is 5.41 Å². The van der Waals surface area contributed by atoms with Crippen LogP contribution in [0.1, 0.15) is 82.0 Å². The summed E-state index contributed by atoms with van der Waals surface area (Å²) >= 11 is 0. The van der Waals surface area contributed by atoms with E-state index in [1.807, 2.05) is 0 Å². The third kappa shape index (κ3) is 2.58. The Balaban J connectivity index is 1.30. The Bertz CT molecular complexity index is 502. The number of likely N-dealkylation sites (tertiary alicyclic amines) is 1. The summed E-state index contributed by atoms with van der Waals surface area (Å²) < 4.78 is 0. The van der Waals surface area contributed by atoms with Gasteiger partial charge in [-0.05, 0) is 68.5 Å². The summed E-state index contributed by atoms with van der Waals surface area (Å²) in [6.45, 7) is 6.86. The van der Waals surface area contributed by atoms with E-state index in [2.05, 4.69) is 41.1 Å². The lowest BCUT2D eigenvalue weighted by Crippen LogP contribution is -2.55. The molecular formula is C19H29N3. The SMILES string of the molecule is CC(C)c1ncc(C2CCN(C3CC4(CCC4)C3)CC2)cn1. The largest absolute Gasteiger partial charge is 0.300 e. The van der Waals surface area contributed by atoms with E-state index in [4.69, 9.17) is 0 Å². The van der Waals surface area contributed by atoms with Crippen LogP contribution in [0.25, 0.3) is 0 Å². The predicted molar refractivity (Wildman–Crippen MR) is 89.0 cm³/mol. The first kappa shape index (κ1) is 14.6. The molecule has 0 amide bonds. The van der Waals surface area contributed by atoms with Gasteiger partial charge >= 0.3 is 0 Å². The Morgan fingerprint density at radius 2 is 1.73 bits per heavy atom. The molecule has 1 spiro atoms. The van der Waals surface area contributed by atoms with Crippen LogP contribution in [0.2, 0.25) is 0 Å². The van der Waals surface area contributed by atoms with Crippen LogP contribution in [0.4, 0.5) is 0 Å². The summed E-state index contributed by atoms with van der Waals surface area (Å²) in [7, 11) is 0. The van der Waals surface area contributed by atoms with Crippen molar-refractivity contribution in [2.75, 3.05) is 13.1 Å². The molecule has 22 heavy (non-hydrogen) atoms. The lowest BCUT2D eigenvalue weighted by Gasteiger charge is -2.58. The zero-order valence-corrected chi connectivity index (χ0v) is 14.1. The lowest BCUT2D eigenvalue weighted by atomic mass is 9.53. The minimum absolute atomic E-state index is 0.424. The van der Waals surface area contributed by atoms with Crippen LogP contribution in [0.3, 0.4) is 0 Å². The van der Waals surface area contributed by atoms with Crippen molar-refractivity contribution in [3.8, 4) is 0 Å². The van der Waals surface area contributed by atoms with Gasteiger partial charge in [-0.15, -0.1) is 0 Å². The van der Waals surface area contributed by atoms with Crippen molar-refractivity contribution in [3.05, 3.63) is 23.8 Å². The molecule has 1 aromatic heterocycles. The smallest absolute Gasteiger partial charge is 0.130 e. The molecule has 120 valence electrons. The van der Waals surface area contributed by atoms with Crippen molar-refractivity contribution in [2.45, 2.75) is 76.7 Å². The molecule has 1 aromatic rings. The molecule has 1 aliphatic heterocycles. The molecule has 0 atom stereocenters. The van der Waals surface area contributed by atoms with Gasteiger partial charge in [-0.25, -0.2) is 9.97 Å². The highest BCUT2D eigenvalue weighted by molar-refractivity contribution is 5.14. The second kappa shape index (κ2) is 5.59. The summed E-state index contributed by atoms with van der Waals surface area (Å²) in [5.41, 5.74) is 2.16. The number of piperidine rings is 1. The minimum Gasteiger partial charge on any atom is -0.300 e. The van der Waals surface area contributed by atoms with Gasteiger partial charge < -0.3 is 4.90 Å². The highest BCUT2D eigenvalue weighted by Gasteiger charge is 2.50. The predicted octanol–water partition coefficient (Wildman–Crippen LogP) is 4.11. The molecule has 1 saturated heterocycles. The van der Waals surface area contributed by atoms with Crippen LogP contribution in [-0.4, -0.2) is 34.0 Å². The Morgan fingerprint density at radius 1 is 1.09 bits per heavy atom. The van der Waals surface area contributed by atoms with Gasteiger partial charge in [0.2, 0.25) is 0 Å². The second-order valence-electron chi connectivity index (χ2n) is 8.26. The van der Waals surface area contributed by atoms with Gasteiger partial charge in [0.1, 0.15) is 5.82 Å². The molecule has 3 heteroatoms.